The van der Waals surface area contributed by atoms with Crippen LogP contribution in [0.15, 0.2) is 12.1 Å². The van der Waals surface area contributed by atoms with Gasteiger partial charge in [-0.3, -0.25) is 4.79 Å². The van der Waals surface area contributed by atoms with Gasteiger partial charge in [0.05, 0.1) is 25.5 Å². The van der Waals surface area contributed by atoms with Crippen molar-refractivity contribution in [3.05, 3.63) is 23.3 Å². The predicted molar refractivity (Wildman–Crippen MR) is 83.7 cm³/mol. The summed E-state index contributed by atoms with van der Waals surface area (Å²) in [4.78, 5) is 10.4. The lowest BCUT2D eigenvalue weighted by Gasteiger charge is -2.14. The molecule has 0 amide bonds. The first-order chi connectivity index (χ1) is 10.1. The van der Waals surface area contributed by atoms with E-state index in [2.05, 4.69) is 0 Å². The largest absolute Gasteiger partial charge is 0.496 e. The van der Waals surface area contributed by atoms with Crippen LogP contribution >= 0.6 is 23.2 Å². The van der Waals surface area contributed by atoms with Gasteiger partial charge in [-0.15, -0.1) is 23.2 Å². The molecule has 21 heavy (non-hydrogen) atoms. The summed E-state index contributed by atoms with van der Waals surface area (Å²) in [6, 6.07) is 3.69. The van der Waals surface area contributed by atoms with Crippen molar-refractivity contribution < 1.29 is 19.4 Å². The molecular weight excluding hydrogens is 315 g/mol. The monoisotopic (exact) mass is 334 g/mol. The van der Waals surface area contributed by atoms with Gasteiger partial charge < -0.3 is 14.6 Å². The Morgan fingerprint density at radius 2 is 1.71 bits per heavy atom. The number of hydrogen-bond donors (Lipinski definition) is 1. The van der Waals surface area contributed by atoms with E-state index in [1.807, 2.05) is 12.1 Å². The number of unbranched alkanes of at least 4 members (excludes halogenated alkanes) is 2. The molecule has 0 aliphatic carbocycles. The van der Waals surface area contributed by atoms with Gasteiger partial charge in [-0.1, -0.05) is 0 Å². The van der Waals surface area contributed by atoms with E-state index in [-0.39, 0.29) is 6.42 Å². The fourth-order valence-electron chi connectivity index (χ4n) is 1.91. The number of alkyl halides is 2. The minimum atomic E-state index is -0.762. The standard InChI is InChI=1S/C15H20Cl2O4/c1-20-13-7-12(10-17)14(8-11(13)9-16)21-6-4-2-3-5-15(18)19/h7-8H,2-6,9-10H2,1H3,(H,18,19). The third-order valence-electron chi connectivity index (χ3n) is 3.04. The number of carboxylic acid groups (broad SMARTS) is 1. The number of carboxylic acids is 1. The van der Waals surface area contributed by atoms with Crippen LogP contribution in [0.25, 0.3) is 0 Å². The molecule has 0 bridgehead atoms. The summed E-state index contributed by atoms with van der Waals surface area (Å²) < 4.78 is 11.0. The maximum absolute atomic E-state index is 10.4. The van der Waals surface area contributed by atoms with Crippen LogP contribution in [-0.2, 0) is 16.6 Å². The van der Waals surface area contributed by atoms with Crippen LogP contribution in [0.5, 0.6) is 11.5 Å². The number of carbonyl (C=O) groups is 1. The highest BCUT2D eigenvalue weighted by atomic mass is 35.5. The van der Waals surface area contributed by atoms with Crippen molar-refractivity contribution in [1.29, 1.82) is 0 Å². The summed E-state index contributed by atoms with van der Waals surface area (Å²) in [6.07, 6.45) is 2.49. The fraction of sp³-hybridized carbons (Fsp3) is 0.533. The van der Waals surface area contributed by atoms with E-state index in [0.717, 1.165) is 24.0 Å². The summed E-state index contributed by atoms with van der Waals surface area (Å²) in [7, 11) is 1.59. The number of halogens is 2. The van der Waals surface area contributed by atoms with Crippen molar-refractivity contribution in [3.63, 3.8) is 0 Å². The maximum atomic E-state index is 10.4. The quantitative estimate of drug-likeness (QED) is 0.514. The number of benzene rings is 1. The second kappa shape index (κ2) is 9.74. The molecule has 0 saturated carbocycles. The molecule has 0 aliphatic rings. The molecule has 1 rings (SSSR count). The molecule has 0 heterocycles. The summed E-state index contributed by atoms with van der Waals surface area (Å²) in [5.41, 5.74) is 1.71. The van der Waals surface area contributed by atoms with Crippen LogP contribution in [0.1, 0.15) is 36.8 Å². The van der Waals surface area contributed by atoms with Crippen LogP contribution < -0.4 is 9.47 Å². The van der Waals surface area contributed by atoms with Crippen molar-refractivity contribution >= 4 is 29.2 Å². The Kier molecular flexibility index (Phi) is 8.31. The predicted octanol–water partition coefficient (Wildman–Crippen LogP) is 4.20. The highest BCUT2D eigenvalue weighted by molar-refractivity contribution is 6.18. The summed E-state index contributed by atoms with van der Waals surface area (Å²) in [5, 5.41) is 8.55. The van der Waals surface area contributed by atoms with Crippen LogP contribution in [-0.4, -0.2) is 24.8 Å². The molecule has 0 saturated heterocycles. The zero-order valence-electron chi connectivity index (χ0n) is 12.0. The van der Waals surface area contributed by atoms with Gasteiger partial charge in [0.25, 0.3) is 0 Å². The molecular formula is C15H20Cl2O4. The molecule has 0 aromatic heterocycles. The molecule has 1 aromatic carbocycles. The Balaban J connectivity index is 2.55. The van der Waals surface area contributed by atoms with E-state index in [1.165, 1.54) is 0 Å². The Morgan fingerprint density at radius 1 is 1.10 bits per heavy atom. The lowest BCUT2D eigenvalue weighted by atomic mass is 10.1. The zero-order chi connectivity index (χ0) is 15.7. The van der Waals surface area contributed by atoms with Crippen molar-refractivity contribution in [2.45, 2.75) is 37.4 Å². The van der Waals surface area contributed by atoms with Crippen LogP contribution in [0, 0.1) is 0 Å². The number of aliphatic carboxylic acids is 1. The molecule has 4 nitrogen and oxygen atoms in total. The SMILES string of the molecule is COc1cc(CCl)c(OCCCCCC(=O)O)cc1CCl. The van der Waals surface area contributed by atoms with E-state index in [9.17, 15) is 4.79 Å². The van der Waals surface area contributed by atoms with Crippen molar-refractivity contribution in [2.75, 3.05) is 13.7 Å². The molecule has 1 N–H and O–H groups in total. The smallest absolute Gasteiger partial charge is 0.303 e. The lowest BCUT2D eigenvalue weighted by Crippen LogP contribution is -2.02. The Hall–Kier alpha value is -1.13. The first-order valence-corrected chi connectivity index (χ1v) is 7.85. The van der Waals surface area contributed by atoms with Crippen LogP contribution in [0.3, 0.4) is 0 Å². The van der Waals surface area contributed by atoms with E-state index in [0.29, 0.717) is 36.3 Å². The van der Waals surface area contributed by atoms with E-state index in [4.69, 9.17) is 37.8 Å². The molecule has 0 aliphatic heterocycles. The topological polar surface area (TPSA) is 55.8 Å². The molecule has 0 unspecified atom stereocenters. The van der Waals surface area contributed by atoms with Crippen LogP contribution in [0.4, 0.5) is 0 Å². The van der Waals surface area contributed by atoms with E-state index in [1.54, 1.807) is 7.11 Å². The minimum absolute atomic E-state index is 0.200. The van der Waals surface area contributed by atoms with Gasteiger partial charge in [0, 0.05) is 17.5 Å². The third-order valence-corrected chi connectivity index (χ3v) is 3.62. The maximum Gasteiger partial charge on any atom is 0.303 e. The van der Waals surface area contributed by atoms with Gasteiger partial charge in [0.1, 0.15) is 11.5 Å². The summed E-state index contributed by atoms with van der Waals surface area (Å²) >= 11 is 11.8. The molecule has 0 radical (unpaired) electrons. The Bertz CT molecular complexity index is 463. The van der Waals surface area contributed by atoms with Crippen LogP contribution in [0.2, 0.25) is 0 Å². The van der Waals surface area contributed by atoms with E-state index < -0.39 is 5.97 Å². The fourth-order valence-corrected chi connectivity index (χ4v) is 2.33. The Labute approximate surface area is 135 Å². The number of hydrogen-bond acceptors (Lipinski definition) is 3. The van der Waals surface area contributed by atoms with Gasteiger partial charge in [0.15, 0.2) is 0 Å². The number of ether oxygens (including phenoxy) is 2. The van der Waals surface area contributed by atoms with Crippen molar-refractivity contribution in [1.82, 2.24) is 0 Å². The Morgan fingerprint density at radius 3 is 2.29 bits per heavy atom. The zero-order valence-corrected chi connectivity index (χ0v) is 13.5. The average Bonchev–Trinajstić information content (AvgIpc) is 2.49. The highest BCUT2D eigenvalue weighted by Crippen LogP contribution is 2.31. The average molecular weight is 335 g/mol. The van der Waals surface area contributed by atoms with E-state index >= 15 is 0 Å². The second-order valence-corrected chi connectivity index (χ2v) is 5.13. The molecule has 0 atom stereocenters. The van der Waals surface area contributed by atoms with Gasteiger partial charge in [-0.05, 0) is 31.4 Å². The number of methoxy groups -OCH3 is 1. The molecule has 6 heteroatoms. The summed E-state index contributed by atoms with van der Waals surface area (Å²) in [5.74, 6) is 1.31. The highest BCUT2D eigenvalue weighted by Gasteiger charge is 2.10. The van der Waals surface area contributed by atoms with Gasteiger partial charge in [0.2, 0.25) is 0 Å². The summed E-state index contributed by atoms with van der Waals surface area (Å²) in [6.45, 7) is 0.525. The third kappa shape index (κ3) is 6.02. The molecule has 0 fully saturated rings. The van der Waals surface area contributed by atoms with Gasteiger partial charge in [-0.2, -0.15) is 0 Å². The van der Waals surface area contributed by atoms with Gasteiger partial charge in [-0.25, -0.2) is 0 Å². The van der Waals surface area contributed by atoms with Crippen molar-refractivity contribution in [2.24, 2.45) is 0 Å². The first kappa shape index (κ1) is 17.9. The normalized spacial score (nSPS) is 10.4. The van der Waals surface area contributed by atoms with Gasteiger partial charge >= 0.3 is 5.97 Å². The number of rotatable bonds is 10. The lowest BCUT2D eigenvalue weighted by molar-refractivity contribution is -0.137. The van der Waals surface area contributed by atoms with Crippen molar-refractivity contribution in [3.8, 4) is 11.5 Å². The second-order valence-electron chi connectivity index (χ2n) is 4.59. The minimum Gasteiger partial charge on any atom is -0.496 e. The molecule has 118 valence electrons. The molecule has 1 aromatic rings. The first-order valence-electron chi connectivity index (χ1n) is 6.78. The molecule has 0 spiro atoms.